The Morgan fingerprint density at radius 3 is 2.26 bits per heavy atom. The van der Waals surface area contributed by atoms with E-state index in [1.54, 1.807) is 6.07 Å². The van der Waals surface area contributed by atoms with Gasteiger partial charge in [-0.15, -0.1) is 0 Å². The summed E-state index contributed by atoms with van der Waals surface area (Å²) in [7, 11) is 0. The molecule has 0 aliphatic carbocycles. The van der Waals surface area contributed by atoms with Crippen LogP contribution in [0.1, 0.15) is 17.3 Å². The molecule has 92 valence electrons. The van der Waals surface area contributed by atoms with Crippen molar-refractivity contribution >= 4 is 33.1 Å². The predicted octanol–water partition coefficient (Wildman–Crippen LogP) is 3.76. The fourth-order valence-electron chi connectivity index (χ4n) is 2.43. The highest BCUT2D eigenvalue weighted by Gasteiger charge is 2.14. The van der Waals surface area contributed by atoms with Crippen molar-refractivity contribution in [2.24, 2.45) is 0 Å². The third kappa shape index (κ3) is 1.82. The average Bonchev–Trinajstić information content (AvgIpc) is 2.45. The second-order valence-electron chi connectivity index (χ2n) is 4.57. The summed E-state index contributed by atoms with van der Waals surface area (Å²) in [6, 6.07) is 17.4. The minimum Gasteiger partial charge on any atom is -0.291 e. The molecule has 0 spiro atoms. The second-order valence-corrected chi connectivity index (χ2v) is 4.57. The van der Waals surface area contributed by atoms with Crippen molar-refractivity contribution in [2.75, 3.05) is 0 Å². The van der Waals surface area contributed by atoms with Crippen molar-refractivity contribution in [3.63, 3.8) is 0 Å². The molecule has 0 saturated carbocycles. The maximum atomic E-state index is 11.9. The highest BCUT2D eigenvalue weighted by molar-refractivity contribution is 6.45. The molecular formula is C17H12O2. The molecule has 0 amide bonds. The van der Waals surface area contributed by atoms with Crippen LogP contribution in [0.5, 0.6) is 0 Å². The van der Waals surface area contributed by atoms with E-state index in [0.717, 1.165) is 21.5 Å². The van der Waals surface area contributed by atoms with Gasteiger partial charge in [-0.2, -0.15) is 0 Å². The molecule has 0 bridgehead atoms. The minimum atomic E-state index is -0.430. The Labute approximate surface area is 110 Å². The normalized spacial score (nSPS) is 10.8. The highest BCUT2D eigenvalue weighted by atomic mass is 16.2. The van der Waals surface area contributed by atoms with Crippen molar-refractivity contribution < 1.29 is 9.59 Å². The Bertz CT molecular complexity index is 816. The molecule has 2 heteroatoms. The first-order valence-corrected chi connectivity index (χ1v) is 6.14. The van der Waals surface area contributed by atoms with Crippen LogP contribution in [-0.2, 0) is 4.79 Å². The van der Waals surface area contributed by atoms with E-state index in [-0.39, 0.29) is 0 Å². The summed E-state index contributed by atoms with van der Waals surface area (Å²) in [6.07, 6.45) is 0. The van der Waals surface area contributed by atoms with Crippen molar-refractivity contribution in [2.45, 2.75) is 6.92 Å². The molecule has 19 heavy (non-hydrogen) atoms. The molecule has 3 aromatic rings. The molecule has 0 fully saturated rings. The van der Waals surface area contributed by atoms with Gasteiger partial charge in [-0.25, -0.2) is 0 Å². The van der Waals surface area contributed by atoms with Crippen LogP contribution in [0.4, 0.5) is 0 Å². The van der Waals surface area contributed by atoms with Gasteiger partial charge in [0.2, 0.25) is 5.78 Å². The molecular weight excluding hydrogens is 236 g/mol. The largest absolute Gasteiger partial charge is 0.291 e. The van der Waals surface area contributed by atoms with Crippen LogP contribution in [0.15, 0.2) is 54.6 Å². The SMILES string of the molecule is CC(=O)C(=O)c1cccc2c1ccc1ccccc12. The summed E-state index contributed by atoms with van der Waals surface area (Å²) in [5.41, 5.74) is 0.482. The zero-order valence-corrected chi connectivity index (χ0v) is 10.5. The van der Waals surface area contributed by atoms with Crippen LogP contribution < -0.4 is 0 Å². The van der Waals surface area contributed by atoms with E-state index in [1.165, 1.54) is 6.92 Å². The Kier molecular flexibility index (Phi) is 2.64. The molecule has 0 atom stereocenters. The number of hydrogen-bond donors (Lipinski definition) is 0. The first kappa shape index (κ1) is 11.6. The maximum absolute atomic E-state index is 11.9. The molecule has 2 nitrogen and oxygen atoms in total. The number of benzene rings is 3. The summed E-state index contributed by atoms with van der Waals surface area (Å²) in [5, 5.41) is 4.06. The lowest BCUT2D eigenvalue weighted by molar-refractivity contribution is -0.113. The van der Waals surface area contributed by atoms with E-state index in [9.17, 15) is 9.59 Å². The van der Waals surface area contributed by atoms with Gasteiger partial charge in [-0.3, -0.25) is 9.59 Å². The van der Waals surface area contributed by atoms with Gasteiger partial charge in [0.05, 0.1) is 0 Å². The molecule has 0 saturated heterocycles. The van der Waals surface area contributed by atoms with Crippen LogP contribution in [0.2, 0.25) is 0 Å². The van der Waals surface area contributed by atoms with Gasteiger partial charge in [0.1, 0.15) is 0 Å². The predicted molar refractivity (Wildman–Crippen MR) is 76.5 cm³/mol. The molecule has 3 aromatic carbocycles. The van der Waals surface area contributed by atoms with E-state index >= 15 is 0 Å². The van der Waals surface area contributed by atoms with Crippen LogP contribution in [0, 0.1) is 0 Å². The van der Waals surface area contributed by atoms with Crippen LogP contribution in [0.25, 0.3) is 21.5 Å². The molecule has 0 unspecified atom stereocenters. The molecule has 0 heterocycles. The third-order valence-electron chi connectivity index (χ3n) is 3.35. The Hall–Kier alpha value is -2.48. The van der Waals surface area contributed by atoms with E-state index < -0.39 is 11.6 Å². The van der Waals surface area contributed by atoms with Gasteiger partial charge in [-0.05, 0) is 21.5 Å². The number of Topliss-reactive ketones (excluding diaryl/α,β-unsaturated/α-hetero) is 2. The van der Waals surface area contributed by atoms with Gasteiger partial charge >= 0.3 is 0 Å². The average molecular weight is 248 g/mol. The smallest absolute Gasteiger partial charge is 0.228 e. The number of rotatable bonds is 2. The first-order chi connectivity index (χ1) is 9.18. The lowest BCUT2D eigenvalue weighted by Gasteiger charge is -2.07. The maximum Gasteiger partial charge on any atom is 0.228 e. The highest BCUT2D eigenvalue weighted by Crippen LogP contribution is 2.27. The number of fused-ring (bicyclic) bond motifs is 3. The van der Waals surface area contributed by atoms with E-state index in [2.05, 4.69) is 0 Å². The van der Waals surface area contributed by atoms with Crippen molar-refractivity contribution in [3.8, 4) is 0 Å². The first-order valence-electron chi connectivity index (χ1n) is 6.14. The van der Waals surface area contributed by atoms with Gasteiger partial charge in [0, 0.05) is 12.5 Å². The van der Waals surface area contributed by atoms with Crippen molar-refractivity contribution in [1.82, 2.24) is 0 Å². The Balaban J connectivity index is 2.41. The van der Waals surface area contributed by atoms with Crippen molar-refractivity contribution in [1.29, 1.82) is 0 Å². The molecule has 0 aliphatic rings. The fourth-order valence-corrected chi connectivity index (χ4v) is 2.43. The summed E-state index contributed by atoms with van der Waals surface area (Å²) in [5.74, 6) is -0.860. The number of carbonyl (C=O) groups is 2. The molecule has 3 rings (SSSR count). The third-order valence-corrected chi connectivity index (χ3v) is 3.35. The van der Waals surface area contributed by atoms with E-state index in [1.807, 2.05) is 48.5 Å². The van der Waals surface area contributed by atoms with Gasteiger partial charge in [-0.1, -0.05) is 54.6 Å². The van der Waals surface area contributed by atoms with Crippen molar-refractivity contribution in [3.05, 3.63) is 60.2 Å². The van der Waals surface area contributed by atoms with Crippen LogP contribution in [-0.4, -0.2) is 11.6 Å². The summed E-state index contributed by atoms with van der Waals surface area (Å²) in [6.45, 7) is 1.31. The van der Waals surface area contributed by atoms with Gasteiger partial charge in [0.15, 0.2) is 5.78 Å². The molecule has 0 aliphatic heterocycles. The molecule has 0 radical (unpaired) electrons. The monoisotopic (exact) mass is 248 g/mol. The molecule has 0 aromatic heterocycles. The number of ketones is 2. The summed E-state index contributed by atoms with van der Waals surface area (Å²) in [4.78, 5) is 23.2. The summed E-state index contributed by atoms with van der Waals surface area (Å²) < 4.78 is 0. The molecule has 0 N–H and O–H groups in total. The fraction of sp³-hybridized carbons (Fsp3) is 0.0588. The Morgan fingerprint density at radius 2 is 1.47 bits per heavy atom. The number of hydrogen-bond acceptors (Lipinski definition) is 2. The van der Waals surface area contributed by atoms with Crippen LogP contribution in [0.3, 0.4) is 0 Å². The second kappa shape index (κ2) is 4.32. The Morgan fingerprint density at radius 1 is 0.737 bits per heavy atom. The summed E-state index contributed by atoms with van der Waals surface area (Å²) >= 11 is 0. The quantitative estimate of drug-likeness (QED) is 0.393. The van der Waals surface area contributed by atoms with E-state index in [0.29, 0.717) is 5.56 Å². The zero-order chi connectivity index (χ0) is 13.4. The lowest BCUT2D eigenvalue weighted by Crippen LogP contribution is -2.10. The minimum absolute atomic E-state index is 0.430. The number of carbonyl (C=O) groups excluding carboxylic acids is 2. The topological polar surface area (TPSA) is 34.1 Å². The van der Waals surface area contributed by atoms with Gasteiger partial charge in [0.25, 0.3) is 0 Å². The van der Waals surface area contributed by atoms with E-state index in [4.69, 9.17) is 0 Å². The lowest BCUT2D eigenvalue weighted by atomic mass is 9.96. The van der Waals surface area contributed by atoms with Gasteiger partial charge < -0.3 is 0 Å². The standard InChI is InChI=1S/C17H12O2/c1-11(18)17(19)16-8-4-7-14-13-6-3-2-5-12(13)9-10-15(14)16/h2-10H,1H3. The zero-order valence-electron chi connectivity index (χ0n) is 10.5. The van der Waals surface area contributed by atoms with Crippen LogP contribution >= 0.6 is 0 Å².